The summed E-state index contributed by atoms with van der Waals surface area (Å²) < 4.78 is 4.99. The smallest absolute Gasteiger partial charge is 0.355 e. The summed E-state index contributed by atoms with van der Waals surface area (Å²) in [6, 6.07) is 7.17. The van der Waals surface area contributed by atoms with Crippen LogP contribution < -0.4 is 5.63 Å². The first-order valence-electron chi connectivity index (χ1n) is 3.87. The fourth-order valence-electron chi connectivity index (χ4n) is 1.26. The molecule has 0 saturated heterocycles. The summed E-state index contributed by atoms with van der Waals surface area (Å²) >= 11 is 5.65. The number of aryl methyl sites for hydroxylation is 1. The van der Waals surface area contributed by atoms with Gasteiger partial charge in [0.05, 0.1) is 0 Å². The van der Waals surface area contributed by atoms with Crippen molar-refractivity contribution in [2.75, 3.05) is 0 Å². The Morgan fingerprint density at radius 2 is 2.15 bits per heavy atom. The highest BCUT2D eigenvalue weighted by Crippen LogP contribution is 2.18. The highest BCUT2D eigenvalue weighted by Gasteiger charge is 2.03. The van der Waals surface area contributed by atoms with Gasteiger partial charge in [-0.3, -0.25) is 0 Å². The van der Waals surface area contributed by atoms with Crippen molar-refractivity contribution in [1.82, 2.24) is 0 Å². The molecule has 0 fully saturated rings. The molecule has 0 amide bonds. The largest absolute Gasteiger partial charge is 0.422 e. The first-order chi connectivity index (χ1) is 6.18. The van der Waals surface area contributed by atoms with E-state index >= 15 is 0 Å². The van der Waals surface area contributed by atoms with E-state index in [9.17, 15) is 4.79 Å². The van der Waals surface area contributed by atoms with Crippen LogP contribution in [0.5, 0.6) is 0 Å². The summed E-state index contributed by atoms with van der Waals surface area (Å²) in [6.45, 7) is 1.94. The van der Waals surface area contributed by atoms with Gasteiger partial charge < -0.3 is 4.42 Å². The number of hydrogen-bond acceptors (Lipinski definition) is 2. The van der Waals surface area contributed by atoms with Crippen molar-refractivity contribution in [2.45, 2.75) is 6.92 Å². The van der Waals surface area contributed by atoms with Crippen molar-refractivity contribution in [3.63, 3.8) is 0 Å². The summed E-state index contributed by atoms with van der Waals surface area (Å²) in [5.41, 5.74) is 1.14. The molecule has 0 N–H and O–H groups in total. The molecule has 0 saturated carbocycles. The van der Waals surface area contributed by atoms with Crippen LogP contribution >= 0.6 is 11.6 Å². The average Bonchev–Trinajstić information content (AvgIpc) is 2.09. The summed E-state index contributed by atoms with van der Waals surface area (Å²) in [5, 5.41) is 1.01. The molecule has 66 valence electrons. The molecule has 0 unspecified atom stereocenters. The van der Waals surface area contributed by atoms with Gasteiger partial charge in [0.15, 0.2) is 0 Å². The Labute approximate surface area is 79.7 Å². The van der Waals surface area contributed by atoms with E-state index in [1.54, 1.807) is 12.1 Å². The van der Waals surface area contributed by atoms with Crippen LogP contribution in [0.2, 0.25) is 5.02 Å². The number of benzene rings is 1. The van der Waals surface area contributed by atoms with Gasteiger partial charge in [-0.2, -0.15) is 0 Å². The second-order valence-corrected chi connectivity index (χ2v) is 3.28. The lowest BCUT2D eigenvalue weighted by Crippen LogP contribution is -1.98. The second kappa shape index (κ2) is 2.89. The molecule has 0 radical (unpaired) electrons. The van der Waals surface area contributed by atoms with E-state index in [-0.39, 0.29) is 5.02 Å². The highest BCUT2D eigenvalue weighted by atomic mass is 35.5. The standard InChI is InChI=1S/C10H7ClO2/c1-6-3-2-4-9-7(6)5-8(11)10(12)13-9/h2-5H,1H3. The maximum atomic E-state index is 11.0. The minimum atomic E-state index is -0.486. The van der Waals surface area contributed by atoms with E-state index in [1.165, 1.54) is 0 Å². The van der Waals surface area contributed by atoms with Gasteiger partial charge in [0, 0.05) is 5.39 Å². The fourth-order valence-corrected chi connectivity index (χ4v) is 1.41. The number of halogens is 1. The molecule has 1 heterocycles. The SMILES string of the molecule is Cc1cccc2oc(=O)c(Cl)cc12. The third kappa shape index (κ3) is 1.33. The van der Waals surface area contributed by atoms with E-state index in [2.05, 4.69) is 0 Å². The summed E-state index contributed by atoms with van der Waals surface area (Å²) in [7, 11) is 0. The Kier molecular flexibility index (Phi) is 1.85. The maximum Gasteiger partial charge on any atom is 0.355 e. The van der Waals surface area contributed by atoms with Gasteiger partial charge in [-0.1, -0.05) is 23.7 Å². The van der Waals surface area contributed by atoms with Crippen LogP contribution in [0.15, 0.2) is 33.5 Å². The van der Waals surface area contributed by atoms with Crippen LogP contribution in [-0.2, 0) is 0 Å². The first-order valence-corrected chi connectivity index (χ1v) is 4.25. The van der Waals surface area contributed by atoms with E-state index in [0.717, 1.165) is 10.9 Å². The lowest BCUT2D eigenvalue weighted by atomic mass is 10.1. The Bertz CT molecular complexity index is 514. The van der Waals surface area contributed by atoms with Crippen LogP contribution in [0.4, 0.5) is 0 Å². The molecular weight excluding hydrogens is 188 g/mol. The number of hydrogen-bond donors (Lipinski definition) is 0. The van der Waals surface area contributed by atoms with Gasteiger partial charge in [-0.25, -0.2) is 4.79 Å². The van der Waals surface area contributed by atoms with Crippen molar-refractivity contribution in [1.29, 1.82) is 0 Å². The van der Waals surface area contributed by atoms with E-state index < -0.39 is 5.63 Å². The molecule has 0 aliphatic carbocycles. The Hall–Kier alpha value is -1.28. The zero-order valence-electron chi connectivity index (χ0n) is 7.00. The van der Waals surface area contributed by atoms with Crippen molar-refractivity contribution in [3.05, 3.63) is 45.3 Å². The van der Waals surface area contributed by atoms with Crippen molar-refractivity contribution >= 4 is 22.6 Å². The van der Waals surface area contributed by atoms with Gasteiger partial charge in [-0.05, 0) is 24.6 Å². The van der Waals surface area contributed by atoms with Gasteiger partial charge in [0.1, 0.15) is 10.6 Å². The average molecular weight is 195 g/mol. The molecule has 2 nitrogen and oxygen atoms in total. The van der Waals surface area contributed by atoms with Gasteiger partial charge in [0.25, 0.3) is 0 Å². The molecule has 2 rings (SSSR count). The maximum absolute atomic E-state index is 11.0. The molecular formula is C10H7ClO2. The molecule has 13 heavy (non-hydrogen) atoms. The summed E-state index contributed by atoms with van der Waals surface area (Å²) in [6.07, 6.45) is 0. The van der Waals surface area contributed by atoms with Gasteiger partial charge in [0.2, 0.25) is 0 Å². The van der Waals surface area contributed by atoms with Crippen molar-refractivity contribution in [3.8, 4) is 0 Å². The van der Waals surface area contributed by atoms with E-state index in [4.69, 9.17) is 16.0 Å². The molecule has 1 aromatic carbocycles. The molecule has 0 spiro atoms. The summed E-state index contributed by atoms with van der Waals surface area (Å²) in [5.74, 6) is 0. The predicted octanol–water partition coefficient (Wildman–Crippen LogP) is 2.75. The van der Waals surface area contributed by atoms with Crippen LogP contribution in [0.1, 0.15) is 5.56 Å². The van der Waals surface area contributed by atoms with Crippen molar-refractivity contribution < 1.29 is 4.42 Å². The highest BCUT2D eigenvalue weighted by molar-refractivity contribution is 6.30. The fraction of sp³-hybridized carbons (Fsp3) is 0.100. The minimum absolute atomic E-state index is 0.127. The van der Waals surface area contributed by atoms with Crippen LogP contribution in [0.3, 0.4) is 0 Å². The topological polar surface area (TPSA) is 30.2 Å². The van der Waals surface area contributed by atoms with Crippen molar-refractivity contribution in [2.24, 2.45) is 0 Å². The minimum Gasteiger partial charge on any atom is -0.422 e. The van der Waals surface area contributed by atoms with E-state index in [0.29, 0.717) is 5.58 Å². The third-order valence-electron chi connectivity index (χ3n) is 1.95. The third-order valence-corrected chi connectivity index (χ3v) is 2.22. The second-order valence-electron chi connectivity index (χ2n) is 2.87. The Morgan fingerprint density at radius 3 is 2.92 bits per heavy atom. The van der Waals surface area contributed by atoms with Gasteiger partial charge in [-0.15, -0.1) is 0 Å². The Balaban J connectivity index is 2.97. The number of rotatable bonds is 0. The lowest BCUT2D eigenvalue weighted by molar-refractivity contribution is 0.561. The molecule has 0 atom stereocenters. The molecule has 2 aromatic rings. The Morgan fingerprint density at radius 1 is 1.38 bits per heavy atom. The normalized spacial score (nSPS) is 10.6. The zero-order chi connectivity index (χ0) is 9.42. The molecule has 0 aliphatic heterocycles. The van der Waals surface area contributed by atoms with Gasteiger partial charge >= 0.3 is 5.63 Å². The van der Waals surface area contributed by atoms with Crippen LogP contribution in [-0.4, -0.2) is 0 Å². The van der Waals surface area contributed by atoms with E-state index in [1.807, 2.05) is 19.1 Å². The lowest BCUT2D eigenvalue weighted by Gasteiger charge is -1.99. The quantitative estimate of drug-likeness (QED) is 0.604. The monoisotopic (exact) mass is 194 g/mol. The molecule has 1 aromatic heterocycles. The molecule has 0 aliphatic rings. The van der Waals surface area contributed by atoms with Crippen LogP contribution in [0.25, 0.3) is 11.0 Å². The van der Waals surface area contributed by atoms with Crippen LogP contribution in [0, 0.1) is 6.92 Å². The first kappa shape index (κ1) is 8.32. The summed E-state index contributed by atoms with van der Waals surface area (Å²) in [4.78, 5) is 11.0. The predicted molar refractivity (Wildman–Crippen MR) is 52.2 cm³/mol. The molecule has 3 heteroatoms. The number of fused-ring (bicyclic) bond motifs is 1. The zero-order valence-corrected chi connectivity index (χ0v) is 7.76. The molecule has 0 bridgehead atoms.